The fourth-order valence-electron chi connectivity index (χ4n) is 3.38. The van der Waals surface area contributed by atoms with E-state index in [9.17, 15) is 9.59 Å². The van der Waals surface area contributed by atoms with E-state index in [4.69, 9.17) is 4.74 Å². The average molecular weight is 230 g/mol. The lowest BCUT2D eigenvalue weighted by Crippen LogP contribution is -2.37. The van der Waals surface area contributed by atoms with Crippen LogP contribution in [0.2, 0.25) is 0 Å². The van der Waals surface area contributed by atoms with Gasteiger partial charge in [0.2, 0.25) is 0 Å². The van der Waals surface area contributed by atoms with Gasteiger partial charge in [-0.2, -0.15) is 0 Å². The summed E-state index contributed by atoms with van der Waals surface area (Å²) in [5, 5.41) is 0. The Morgan fingerprint density at radius 3 is 2.29 bits per heavy atom. The van der Waals surface area contributed by atoms with Crippen molar-refractivity contribution in [2.24, 2.45) is 11.3 Å². The van der Waals surface area contributed by atoms with Crippen molar-refractivity contribution < 1.29 is 14.3 Å². The Kier molecular flexibility index (Phi) is 1.79. The molecule has 1 fully saturated rings. The molecule has 3 nitrogen and oxygen atoms in total. The minimum Gasteiger partial charge on any atom is -0.369 e. The molecule has 2 aliphatic carbocycles. The fourth-order valence-corrected chi connectivity index (χ4v) is 3.38. The van der Waals surface area contributed by atoms with E-state index in [0.717, 1.165) is 0 Å². The molecule has 2 unspecified atom stereocenters. The first kappa shape index (κ1) is 10.7. The van der Waals surface area contributed by atoms with Crippen LogP contribution < -0.4 is 0 Å². The molecule has 1 saturated carbocycles. The molecule has 0 saturated heterocycles. The smallest absolute Gasteiger partial charge is 0.196 e. The maximum absolute atomic E-state index is 12.5. The molecule has 2 aliphatic rings. The van der Waals surface area contributed by atoms with Gasteiger partial charge in [0.15, 0.2) is 11.6 Å². The van der Waals surface area contributed by atoms with Crippen LogP contribution in [0.4, 0.5) is 0 Å². The first-order valence-electron chi connectivity index (χ1n) is 5.71. The summed E-state index contributed by atoms with van der Waals surface area (Å²) in [6.07, 6.45) is 0. The first-order chi connectivity index (χ1) is 7.98. The number of benzene rings is 1. The standard InChI is InChI=1S/C14H14O3/c1-13(2)11-10(15)8-6-4-5-7-9(8)12(16)14(11,13)17-3/h4-7,11H,1-3H3. The molecule has 0 amide bonds. The maximum atomic E-state index is 12.5. The summed E-state index contributed by atoms with van der Waals surface area (Å²) in [6.45, 7) is 3.84. The summed E-state index contributed by atoms with van der Waals surface area (Å²) in [6, 6.07) is 7.01. The number of hydrogen-bond acceptors (Lipinski definition) is 3. The monoisotopic (exact) mass is 230 g/mol. The van der Waals surface area contributed by atoms with Gasteiger partial charge in [0.05, 0.1) is 5.92 Å². The van der Waals surface area contributed by atoms with Crippen molar-refractivity contribution in [1.29, 1.82) is 0 Å². The van der Waals surface area contributed by atoms with Gasteiger partial charge in [0.25, 0.3) is 0 Å². The second-order valence-corrected chi connectivity index (χ2v) is 5.33. The third kappa shape index (κ3) is 0.928. The lowest BCUT2D eigenvalue weighted by atomic mass is 9.87. The van der Waals surface area contributed by atoms with E-state index in [-0.39, 0.29) is 17.5 Å². The van der Waals surface area contributed by atoms with Crippen molar-refractivity contribution in [2.75, 3.05) is 7.11 Å². The molecule has 0 heterocycles. The number of rotatable bonds is 1. The Balaban J connectivity index is 2.26. The molecule has 0 radical (unpaired) electrons. The summed E-state index contributed by atoms with van der Waals surface area (Å²) >= 11 is 0. The highest BCUT2D eigenvalue weighted by Gasteiger charge is 2.81. The van der Waals surface area contributed by atoms with Gasteiger partial charge < -0.3 is 4.74 Å². The normalized spacial score (nSPS) is 33.0. The van der Waals surface area contributed by atoms with Crippen LogP contribution in [0.25, 0.3) is 0 Å². The molecule has 0 aliphatic heterocycles. The van der Waals surface area contributed by atoms with E-state index in [2.05, 4.69) is 0 Å². The first-order valence-corrected chi connectivity index (χ1v) is 5.71. The van der Waals surface area contributed by atoms with Crippen LogP contribution in [-0.4, -0.2) is 24.3 Å². The fraction of sp³-hybridized carbons (Fsp3) is 0.429. The Hall–Kier alpha value is -1.48. The molecular weight excluding hydrogens is 216 g/mol. The number of ether oxygens (including phenoxy) is 1. The Labute approximate surface area is 99.8 Å². The van der Waals surface area contributed by atoms with Crippen LogP contribution in [0.15, 0.2) is 24.3 Å². The van der Waals surface area contributed by atoms with Gasteiger partial charge in [-0.1, -0.05) is 38.1 Å². The largest absolute Gasteiger partial charge is 0.369 e. The SMILES string of the molecule is COC12C(=O)c3ccccc3C(=O)C1C2(C)C. The minimum absolute atomic E-state index is 0.0343. The molecule has 0 aromatic heterocycles. The van der Waals surface area contributed by atoms with Gasteiger partial charge in [-0.25, -0.2) is 0 Å². The number of fused-ring (bicyclic) bond motifs is 2. The third-order valence-electron chi connectivity index (χ3n) is 4.36. The number of carbonyl (C=O) groups is 2. The summed E-state index contributed by atoms with van der Waals surface area (Å²) in [5.41, 5.74) is -0.296. The van der Waals surface area contributed by atoms with Gasteiger partial charge in [-0.15, -0.1) is 0 Å². The van der Waals surface area contributed by atoms with Gasteiger partial charge in [0.1, 0.15) is 5.60 Å². The highest BCUT2D eigenvalue weighted by Crippen LogP contribution is 2.67. The number of methoxy groups -OCH3 is 1. The highest BCUT2D eigenvalue weighted by molar-refractivity contribution is 6.23. The van der Waals surface area contributed by atoms with Crippen LogP contribution in [0.5, 0.6) is 0 Å². The lowest BCUT2D eigenvalue weighted by molar-refractivity contribution is 0.0313. The van der Waals surface area contributed by atoms with Crippen molar-refractivity contribution >= 4 is 11.6 Å². The zero-order chi connectivity index (χ0) is 12.4. The second kappa shape index (κ2) is 2.85. The van der Waals surface area contributed by atoms with Crippen molar-refractivity contribution in [3.8, 4) is 0 Å². The molecular formula is C14H14O3. The van der Waals surface area contributed by atoms with Crippen molar-refractivity contribution in [3.63, 3.8) is 0 Å². The Morgan fingerprint density at radius 2 is 1.71 bits per heavy atom. The van der Waals surface area contributed by atoms with Crippen molar-refractivity contribution in [2.45, 2.75) is 19.4 Å². The molecule has 1 aromatic carbocycles. The molecule has 1 aromatic rings. The Bertz CT molecular complexity index is 544. The molecule has 3 heteroatoms. The third-order valence-corrected chi connectivity index (χ3v) is 4.36. The van der Waals surface area contributed by atoms with Gasteiger partial charge in [0, 0.05) is 23.7 Å². The molecule has 17 heavy (non-hydrogen) atoms. The summed E-state index contributed by atoms with van der Waals surface area (Å²) in [4.78, 5) is 24.8. The summed E-state index contributed by atoms with van der Waals surface area (Å²) in [5.74, 6) is -0.348. The molecule has 88 valence electrons. The zero-order valence-corrected chi connectivity index (χ0v) is 10.1. The zero-order valence-electron chi connectivity index (χ0n) is 10.1. The quantitative estimate of drug-likeness (QED) is 0.742. The van der Waals surface area contributed by atoms with E-state index in [1.807, 2.05) is 13.8 Å². The predicted octanol–water partition coefficient (Wildman–Crippen LogP) is 2.11. The van der Waals surface area contributed by atoms with Gasteiger partial charge in [-0.3, -0.25) is 9.59 Å². The molecule has 0 spiro atoms. The second-order valence-electron chi connectivity index (χ2n) is 5.33. The number of carbonyl (C=O) groups excluding carboxylic acids is 2. The predicted molar refractivity (Wildman–Crippen MR) is 62.1 cm³/mol. The Morgan fingerprint density at radius 1 is 1.12 bits per heavy atom. The van der Waals surface area contributed by atoms with E-state index in [1.54, 1.807) is 24.3 Å². The molecule has 0 bridgehead atoms. The summed E-state index contributed by atoms with van der Waals surface area (Å²) < 4.78 is 5.44. The van der Waals surface area contributed by atoms with Gasteiger partial charge >= 0.3 is 0 Å². The van der Waals surface area contributed by atoms with Crippen LogP contribution in [-0.2, 0) is 4.74 Å². The number of Topliss-reactive ketones (excluding diaryl/α,β-unsaturated/α-hetero) is 2. The molecule has 0 N–H and O–H groups in total. The number of ketones is 2. The van der Waals surface area contributed by atoms with Gasteiger partial charge in [-0.05, 0) is 0 Å². The van der Waals surface area contributed by atoms with E-state index in [1.165, 1.54) is 7.11 Å². The lowest BCUT2D eigenvalue weighted by Gasteiger charge is -2.21. The van der Waals surface area contributed by atoms with E-state index in [0.29, 0.717) is 11.1 Å². The van der Waals surface area contributed by atoms with E-state index >= 15 is 0 Å². The average Bonchev–Trinajstić information content (AvgIpc) is 2.84. The van der Waals surface area contributed by atoms with Crippen LogP contribution in [0, 0.1) is 11.3 Å². The van der Waals surface area contributed by atoms with Crippen LogP contribution >= 0.6 is 0 Å². The van der Waals surface area contributed by atoms with Crippen molar-refractivity contribution in [3.05, 3.63) is 35.4 Å². The van der Waals surface area contributed by atoms with E-state index < -0.39 is 11.0 Å². The minimum atomic E-state index is -0.932. The highest BCUT2D eigenvalue weighted by atomic mass is 16.5. The molecule has 3 rings (SSSR count). The molecule has 2 atom stereocenters. The van der Waals surface area contributed by atoms with Crippen LogP contribution in [0.1, 0.15) is 34.6 Å². The van der Waals surface area contributed by atoms with Crippen molar-refractivity contribution in [1.82, 2.24) is 0 Å². The summed E-state index contributed by atoms with van der Waals surface area (Å²) in [7, 11) is 1.51. The maximum Gasteiger partial charge on any atom is 0.196 e. The topological polar surface area (TPSA) is 43.4 Å². The number of hydrogen-bond donors (Lipinski definition) is 0. The van der Waals surface area contributed by atoms with Crippen LogP contribution in [0.3, 0.4) is 0 Å².